The number of hydrogen-bond acceptors (Lipinski definition) is 1. The van der Waals surface area contributed by atoms with E-state index in [-0.39, 0.29) is 24.3 Å². The summed E-state index contributed by atoms with van der Waals surface area (Å²) in [6.07, 6.45) is 0. The molecular formula is C8H10Cl3N5. The van der Waals surface area contributed by atoms with E-state index in [4.69, 9.17) is 40.4 Å². The van der Waals surface area contributed by atoms with Crippen LogP contribution in [0, 0.1) is 0 Å². The minimum atomic E-state index is -0.0469. The Hall–Kier alpha value is -1.17. The Morgan fingerprint density at radius 1 is 1.19 bits per heavy atom. The van der Waals surface area contributed by atoms with Crippen molar-refractivity contribution in [3.8, 4) is 0 Å². The fourth-order valence-corrected chi connectivity index (χ4v) is 1.22. The lowest BCUT2D eigenvalue weighted by atomic mass is 10.3. The number of nitrogens with two attached hydrogens (primary N) is 3. The molecular weight excluding hydrogens is 272 g/mol. The number of hydrogen-bond donors (Lipinski definition) is 4. The molecule has 8 heteroatoms. The maximum absolute atomic E-state index is 5.88. The van der Waals surface area contributed by atoms with E-state index >= 15 is 0 Å². The first kappa shape index (κ1) is 14.8. The van der Waals surface area contributed by atoms with Gasteiger partial charge in [0, 0.05) is 0 Å². The molecule has 1 aromatic rings. The Bertz CT molecular complexity index is 426. The second-order valence-corrected chi connectivity index (χ2v) is 3.44. The lowest BCUT2D eigenvalue weighted by molar-refractivity contribution is -0.320. The maximum Gasteiger partial charge on any atom is 0.316 e. The van der Waals surface area contributed by atoms with Crippen molar-refractivity contribution in [2.24, 2.45) is 22.2 Å². The van der Waals surface area contributed by atoms with E-state index in [1.807, 2.05) is 0 Å². The summed E-state index contributed by atoms with van der Waals surface area (Å²) in [5.41, 5.74) is 16.3. The summed E-state index contributed by atoms with van der Waals surface area (Å²) in [5, 5.41) is 0.718. The van der Waals surface area contributed by atoms with Gasteiger partial charge in [-0.1, -0.05) is 29.3 Å². The van der Waals surface area contributed by atoms with E-state index in [2.05, 4.69) is 9.98 Å². The molecule has 0 fully saturated rings. The average Bonchev–Trinajstić information content (AvgIpc) is 2.11. The van der Waals surface area contributed by atoms with Gasteiger partial charge in [0.15, 0.2) is 0 Å². The van der Waals surface area contributed by atoms with Gasteiger partial charge in [0.1, 0.15) is 5.69 Å². The fraction of sp³-hybridized carbons (Fsp3) is 0. The molecule has 1 rings (SSSR count). The number of benzene rings is 1. The largest absolute Gasteiger partial charge is 1.00 e. The van der Waals surface area contributed by atoms with Crippen molar-refractivity contribution in [3.05, 3.63) is 28.2 Å². The first-order valence-corrected chi connectivity index (χ1v) is 4.69. The molecule has 0 heterocycles. The average molecular weight is 283 g/mol. The maximum atomic E-state index is 5.88. The highest BCUT2D eigenvalue weighted by Gasteiger charge is 2.05. The van der Waals surface area contributed by atoms with Crippen LogP contribution in [0.5, 0.6) is 0 Å². The molecule has 5 nitrogen and oxygen atoms in total. The molecule has 0 unspecified atom stereocenters. The summed E-state index contributed by atoms with van der Waals surface area (Å²) in [7, 11) is 0. The lowest BCUT2D eigenvalue weighted by Gasteiger charge is -1.97. The van der Waals surface area contributed by atoms with Crippen molar-refractivity contribution in [2.75, 3.05) is 0 Å². The standard InChI is InChI=1S/C8H9Cl2N5.ClH/c9-4-2-1-3-5(6(4)10)14-8(13)15-7(11)12;/h1-3H,(H6,11,12,13,14,15);1H. The van der Waals surface area contributed by atoms with Crippen LogP contribution in [0.2, 0.25) is 10.0 Å². The zero-order valence-corrected chi connectivity index (χ0v) is 10.3. The van der Waals surface area contributed by atoms with E-state index in [9.17, 15) is 0 Å². The van der Waals surface area contributed by atoms with Gasteiger partial charge in [0.2, 0.25) is 0 Å². The second-order valence-electron chi connectivity index (χ2n) is 2.65. The summed E-state index contributed by atoms with van der Waals surface area (Å²) < 4.78 is 0. The van der Waals surface area contributed by atoms with Gasteiger partial charge < -0.3 is 29.6 Å². The molecule has 0 aromatic heterocycles. The Morgan fingerprint density at radius 3 is 2.38 bits per heavy atom. The zero-order chi connectivity index (χ0) is 11.4. The minimum Gasteiger partial charge on any atom is -1.00 e. The molecule has 0 saturated carbocycles. The predicted molar refractivity (Wildman–Crippen MR) is 62.1 cm³/mol. The van der Waals surface area contributed by atoms with Crippen LogP contribution in [0.15, 0.2) is 23.2 Å². The monoisotopic (exact) mass is 281 g/mol. The molecule has 0 aliphatic heterocycles. The molecule has 88 valence electrons. The van der Waals surface area contributed by atoms with Crippen molar-refractivity contribution >= 4 is 40.8 Å². The normalized spacial score (nSPS) is 10.5. The SMILES string of the molecule is NC(=Nc1cccc(Cl)c1Cl)[NH+]=C(N)N.[Cl-]. The summed E-state index contributed by atoms with van der Waals surface area (Å²) in [6.45, 7) is 0. The number of nitrogens with one attached hydrogen (secondary N) is 1. The van der Waals surface area contributed by atoms with E-state index in [0.29, 0.717) is 15.7 Å². The second kappa shape index (κ2) is 6.42. The van der Waals surface area contributed by atoms with Crippen molar-refractivity contribution in [3.63, 3.8) is 0 Å². The molecule has 16 heavy (non-hydrogen) atoms. The number of nitrogens with zero attached hydrogens (tertiary/aromatic N) is 1. The number of rotatable bonds is 1. The Morgan fingerprint density at radius 2 is 1.81 bits per heavy atom. The molecule has 0 bridgehead atoms. The van der Waals surface area contributed by atoms with E-state index in [0.717, 1.165) is 0 Å². The zero-order valence-electron chi connectivity index (χ0n) is 8.05. The van der Waals surface area contributed by atoms with Crippen LogP contribution in [0.4, 0.5) is 5.69 Å². The van der Waals surface area contributed by atoms with Crippen molar-refractivity contribution in [1.29, 1.82) is 0 Å². The number of guanidine groups is 2. The molecule has 7 N–H and O–H groups in total. The molecule has 0 atom stereocenters. The van der Waals surface area contributed by atoms with Gasteiger partial charge in [-0.05, 0) is 12.1 Å². The summed E-state index contributed by atoms with van der Waals surface area (Å²) in [4.78, 5) is 6.38. The minimum absolute atomic E-state index is 0. The highest BCUT2D eigenvalue weighted by atomic mass is 35.5. The van der Waals surface area contributed by atoms with Gasteiger partial charge >= 0.3 is 5.96 Å². The third-order valence-electron chi connectivity index (χ3n) is 1.44. The summed E-state index contributed by atoms with van der Waals surface area (Å²) in [5.74, 6) is -0.00596. The van der Waals surface area contributed by atoms with Gasteiger partial charge in [-0.3, -0.25) is 0 Å². The van der Waals surface area contributed by atoms with Crippen molar-refractivity contribution in [1.82, 2.24) is 0 Å². The topological polar surface area (TPSA) is 104 Å². The summed E-state index contributed by atoms with van der Waals surface area (Å²) in [6, 6.07) is 5.02. The third-order valence-corrected chi connectivity index (χ3v) is 2.25. The quantitative estimate of drug-likeness (QED) is 0.315. The smallest absolute Gasteiger partial charge is 0.316 e. The van der Waals surface area contributed by atoms with Crippen LogP contribution < -0.4 is 34.6 Å². The summed E-state index contributed by atoms with van der Waals surface area (Å²) >= 11 is 11.7. The van der Waals surface area contributed by atoms with Crippen molar-refractivity contribution in [2.45, 2.75) is 0 Å². The Balaban J connectivity index is 0.00000225. The van der Waals surface area contributed by atoms with Crippen LogP contribution >= 0.6 is 23.2 Å². The van der Waals surface area contributed by atoms with Crippen LogP contribution in [-0.4, -0.2) is 11.9 Å². The highest BCUT2D eigenvalue weighted by Crippen LogP contribution is 2.31. The molecule has 0 saturated heterocycles. The van der Waals surface area contributed by atoms with Gasteiger partial charge in [-0.2, -0.15) is 0 Å². The van der Waals surface area contributed by atoms with E-state index in [1.54, 1.807) is 18.2 Å². The molecule has 0 spiro atoms. The first-order chi connectivity index (χ1) is 7.00. The molecule has 0 radical (unpaired) electrons. The van der Waals surface area contributed by atoms with Gasteiger partial charge in [-0.15, -0.1) is 4.99 Å². The number of halogens is 3. The molecule has 0 aliphatic carbocycles. The number of aliphatic imine (C=N–C) groups is 1. The van der Waals surface area contributed by atoms with Crippen LogP contribution in [0.1, 0.15) is 0 Å². The fourth-order valence-electron chi connectivity index (χ4n) is 0.884. The predicted octanol–water partition coefficient (Wildman–Crippen LogP) is -3.70. The van der Waals surface area contributed by atoms with E-state index < -0.39 is 0 Å². The highest BCUT2D eigenvalue weighted by molar-refractivity contribution is 6.43. The molecule has 1 aromatic carbocycles. The lowest BCUT2D eigenvalue weighted by Crippen LogP contribution is -3.00. The van der Waals surface area contributed by atoms with Gasteiger partial charge in [0.05, 0.1) is 10.0 Å². The van der Waals surface area contributed by atoms with Crippen LogP contribution in [-0.2, 0) is 0 Å². The third kappa shape index (κ3) is 4.14. The van der Waals surface area contributed by atoms with Gasteiger partial charge in [-0.25, -0.2) is 4.99 Å². The molecule has 0 aliphatic rings. The first-order valence-electron chi connectivity index (χ1n) is 3.94. The van der Waals surface area contributed by atoms with Crippen LogP contribution in [0.25, 0.3) is 0 Å². The van der Waals surface area contributed by atoms with Crippen LogP contribution in [0.3, 0.4) is 0 Å². The Labute approximate surface area is 109 Å². The van der Waals surface area contributed by atoms with Gasteiger partial charge in [0.25, 0.3) is 5.96 Å². The van der Waals surface area contributed by atoms with E-state index in [1.165, 1.54) is 0 Å². The van der Waals surface area contributed by atoms with Crippen molar-refractivity contribution < 1.29 is 17.4 Å². The Kier molecular flexibility index (Phi) is 5.95. The molecule has 0 amide bonds.